The Balaban J connectivity index is 2.01. The number of rotatable bonds is 5. The summed E-state index contributed by atoms with van der Waals surface area (Å²) in [6.07, 6.45) is 5.85. The molecule has 0 unspecified atom stereocenters. The van der Waals surface area contributed by atoms with E-state index in [4.69, 9.17) is 4.74 Å². The predicted octanol–water partition coefficient (Wildman–Crippen LogP) is 3.26. The van der Waals surface area contributed by atoms with Crippen LogP contribution in [0, 0.1) is 23.7 Å². The van der Waals surface area contributed by atoms with Gasteiger partial charge in [-0.3, -0.25) is 4.79 Å². The van der Waals surface area contributed by atoms with Gasteiger partial charge in [0.15, 0.2) is 0 Å². The molecule has 1 aromatic carbocycles. The number of sulfonamides is 1. The van der Waals surface area contributed by atoms with Gasteiger partial charge in [-0.25, -0.2) is 8.42 Å². The van der Waals surface area contributed by atoms with Gasteiger partial charge in [0.2, 0.25) is 15.9 Å². The minimum atomic E-state index is -3.89. The first-order valence-electron chi connectivity index (χ1n) is 12.4. The van der Waals surface area contributed by atoms with Gasteiger partial charge in [0.05, 0.1) is 13.2 Å². The van der Waals surface area contributed by atoms with Crippen LogP contribution in [0.25, 0.3) is 0 Å². The highest BCUT2D eigenvalue weighted by molar-refractivity contribution is 7.89. The zero-order valence-corrected chi connectivity index (χ0v) is 21.6. The number of benzene rings is 1. The lowest BCUT2D eigenvalue weighted by Crippen LogP contribution is -2.50. The molecule has 1 saturated carbocycles. The third-order valence-electron chi connectivity index (χ3n) is 6.87. The van der Waals surface area contributed by atoms with Crippen LogP contribution in [0.1, 0.15) is 64.9 Å². The van der Waals surface area contributed by atoms with Crippen molar-refractivity contribution in [1.29, 1.82) is 0 Å². The minimum absolute atomic E-state index is 0.00149. The van der Waals surface area contributed by atoms with E-state index in [1.54, 1.807) is 37.1 Å². The molecular formula is C26H38N2O5S. The van der Waals surface area contributed by atoms with E-state index in [1.807, 2.05) is 13.8 Å². The topological polar surface area (TPSA) is 87.2 Å². The quantitative estimate of drug-likeness (QED) is 0.641. The molecule has 1 amide bonds. The lowest BCUT2D eigenvalue weighted by molar-refractivity contribution is -0.131. The number of nitrogens with zero attached hydrogens (tertiary/aromatic N) is 2. The minimum Gasteiger partial charge on any atom is -0.487 e. The fourth-order valence-corrected chi connectivity index (χ4v) is 6.42. The third kappa shape index (κ3) is 6.12. The number of hydrogen-bond donors (Lipinski definition) is 1. The molecule has 1 heterocycles. The summed E-state index contributed by atoms with van der Waals surface area (Å²) in [5.74, 6) is 7.00. The molecular weight excluding hydrogens is 452 g/mol. The molecule has 0 bridgehead atoms. The number of carbonyl (C=O) groups excluding carboxylic acids is 1. The first-order chi connectivity index (χ1) is 16.2. The number of fused-ring (bicyclic) bond motifs is 1. The monoisotopic (exact) mass is 490 g/mol. The molecule has 1 aliphatic carbocycles. The molecule has 3 rings (SSSR count). The van der Waals surface area contributed by atoms with E-state index in [0.717, 1.165) is 12.8 Å². The summed E-state index contributed by atoms with van der Waals surface area (Å²) < 4.78 is 34.8. The maximum atomic E-state index is 13.6. The first kappa shape index (κ1) is 26.5. The average molecular weight is 491 g/mol. The van der Waals surface area contributed by atoms with Gasteiger partial charge in [0.1, 0.15) is 16.7 Å². The summed E-state index contributed by atoms with van der Waals surface area (Å²) in [5, 5.41) is 9.76. The molecule has 1 aliphatic heterocycles. The summed E-state index contributed by atoms with van der Waals surface area (Å²) in [5.41, 5.74) is 0.714. The summed E-state index contributed by atoms with van der Waals surface area (Å²) >= 11 is 0. The molecule has 0 radical (unpaired) electrons. The molecule has 1 fully saturated rings. The zero-order chi connectivity index (χ0) is 24.9. The molecule has 34 heavy (non-hydrogen) atoms. The summed E-state index contributed by atoms with van der Waals surface area (Å²) in [7, 11) is -2.16. The van der Waals surface area contributed by atoms with Crippen LogP contribution in [0.5, 0.6) is 5.75 Å². The van der Waals surface area contributed by atoms with Gasteiger partial charge in [0, 0.05) is 43.5 Å². The fraction of sp³-hybridized carbons (Fsp3) is 0.654. The van der Waals surface area contributed by atoms with Gasteiger partial charge < -0.3 is 14.7 Å². The number of ether oxygens (including phenoxy) is 1. The third-order valence-corrected chi connectivity index (χ3v) is 8.89. The summed E-state index contributed by atoms with van der Waals surface area (Å²) in [6, 6.07) is 4.40. The number of amides is 1. The Morgan fingerprint density at radius 1 is 1.29 bits per heavy atom. The molecule has 188 valence electrons. The van der Waals surface area contributed by atoms with E-state index in [1.165, 1.54) is 23.6 Å². The highest BCUT2D eigenvalue weighted by Crippen LogP contribution is 2.34. The molecule has 1 aromatic rings. The molecule has 0 spiro atoms. The molecule has 2 aliphatic rings. The number of aliphatic hydroxyl groups excluding tert-OH is 1. The molecule has 0 aromatic heterocycles. The second-order valence-electron chi connectivity index (χ2n) is 9.63. The zero-order valence-electron chi connectivity index (χ0n) is 20.8. The van der Waals surface area contributed by atoms with Crippen molar-refractivity contribution in [1.82, 2.24) is 9.21 Å². The van der Waals surface area contributed by atoms with Crippen LogP contribution < -0.4 is 4.74 Å². The Morgan fingerprint density at radius 2 is 2.00 bits per heavy atom. The van der Waals surface area contributed by atoms with Gasteiger partial charge in [-0.2, -0.15) is 4.31 Å². The van der Waals surface area contributed by atoms with Crippen LogP contribution in [-0.2, 0) is 14.8 Å². The largest absolute Gasteiger partial charge is 0.487 e. The van der Waals surface area contributed by atoms with Crippen LogP contribution in [-0.4, -0.2) is 67.5 Å². The Kier molecular flexibility index (Phi) is 9.02. The van der Waals surface area contributed by atoms with Crippen molar-refractivity contribution in [2.24, 2.45) is 11.8 Å². The Morgan fingerprint density at radius 3 is 2.65 bits per heavy atom. The Hall–Kier alpha value is -2.08. The number of hydrogen-bond acceptors (Lipinski definition) is 5. The van der Waals surface area contributed by atoms with Crippen LogP contribution in [0.3, 0.4) is 0 Å². The second kappa shape index (κ2) is 11.6. The van der Waals surface area contributed by atoms with Crippen molar-refractivity contribution in [3.8, 4) is 17.6 Å². The molecule has 7 nitrogen and oxygen atoms in total. The van der Waals surface area contributed by atoms with Gasteiger partial charge >= 0.3 is 0 Å². The van der Waals surface area contributed by atoms with Gasteiger partial charge in [0.25, 0.3) is 0 Å². The van der Waals surface area contributed by atoms with E-state index in [0.29, 0.717) is 24.4 Å². The van der Waals surface area contributed by atoms with Crippen molar-refractivity contribution in [2.75, 3.05) is 26.7 Å². The first-order valence-corrected chi connectivity index (χ1v) is 13.8. The number of likely N-dealkylation sites (N-methyl/N-ethyl adjacent to an activating group) is 1. The molecule has 8 heteroatoms. The smallest absolute Gasteiger partial charge is 0.247 e. The Labute approximate surface area is 204 Å². The molecule has 0 saturated heterocycles. The standard InChI is InChI=1S/C26H38N2O5S/c1-5-26(30)27(4)17-24-19(2)16-28(20(3)18-29)34(31,32)25-14-13-22(15-23(25)33-24)12-11-21-9-7-6-8-10-21/h13-15,19-21,24,29H,5-10,16-18H2,1-4H3/t19-,20-,24+/m1/s1. The van der Waals surface area contributed by atoms with E-state index in [9.17, 15) is 18.3 Å². The van der Waals surface area contributed by atoms with Crippen LogP contribution >= 0.6 is 0 Å². The van der Waals surface area contributed by atoms with E-state index >= 15 is 0 Å². The van der Waals surface area contributed by atoms with Gasteiger partial charge in [-0.15, -0.1) is 0 Å². The van der Waals surface area contributed by atoms with Gasteiger partial charge in [-0.05, 0) is 38.0 Å². The van der Waals surface area contributed by atoms with E-state index in [-0.39, 0.29) is 35.6 Å². The van der Waals surface area contributed by atoms with Crippen molar-refractivity contribution >= 4 is 15.9 Å². The van der Waals surface area contributed by atoms with Gasteiger partial charge in [-0.1, -0.05) is 45.0 Å². The van der Waals surface area contributed by atoms with Crippen molar-refractivity contribution < 1.29 is 23.1 Å². The lowest BCUT2D eigenvalue weighted by Gasteiger charge is -2.37. The summed E-state index contributed by atoms with van der Waals surface area (Å²) in [4.78, 5) is 13.9. The van der Waals surface area contributed by atoms with Crippen LogP contribution in [0.4, 0.5) is 0 Å². The lowest BCUT2D eigenvalue weighted by atomic mass is 9.90. The molecule has 3 atom stereocenters. The average Bonchev–Trinajstić information content (AvgIpc) is 2.84. The normalized spacial score (nSPS) is 23.9. The number of aliphatic hydroxyl groups is 1. The van der Waals surface area contributed by atoms with Crippen molar-refractivity contribution in [3.63, 3.8) is 0 Å². The SMILES string of the molecule is CCC(=O)N(C)C[C@@H]1Oc2cc(C#CC3CCCCC3)ccc2S(=O)(=O)N([C@H](C)CO)C[C@H]1C. The Bertz CT molecular complexity index is 1020. The number of carbonyl (C=O) groups is 1. The van der Waals surface area contributed by atoms with Crippen LogP contribution in [0.15, 0.2) is 23.1 Å². The molecule has 1 N–H and O–H groups in total. The van der Waals surface area contributed by atoms with Crippen molar-refractivity contribution in [3.05, 3.63) is 23.8 Å². The fourth-order valence-electron chi connectivity index (χ4n) is 4.60. The highest BCUT2D eigenvalue weighted by atomic mass is 32.2. The van der Waals surface area contributed by atoms with E-state index < -0.39 is 22.2 Å². The highest BCUT2D eigenvalue weighted by Gasteiger charge is 2.38. The maximum Gasteiger partial charge on any atom is 0.247 e. The van der Waals surface area contributed by atoms with E-state index in [2.05, 4.69) is 11.8 Å². The summed E-state index contributed by atoms with van der Waals surface area (Å²) in [6.45, 7) is 5.66. The van der Waals surface area contributed by atoms with Crippen molar-refractivity contribution in [2.45, 2.75) is 76.3 Å². The second-order valence-corrected chi connectivity index (χ2v) is 11.5. The maximum absolute atomic E-state index is 13.6. The predicted molar refractivity (Wildman–Crippen MR) is 132 cm³/mol. The van der Waals surface area contributed by atoms with Crippen LogP contribution in [0.2, 0.25) is 0 Å².